The highest BCUT2D eigenvalue weighted by molar-refractivity contribution is 7.79. The van der Waals surface area contributed by atoms with Gasteiger partial charge in [0.2, 0.25) is 11.9 Å². The first-order valence-corrected chi connectivity index (χ1v) is 9.13. The highest BCUT2D eigenvalue weighted by atomic mass is 32.2. The zero-order valence-corrected chi connectivity index (χ0v) is 15.2. The second kappa shape index (κ2) is 8.03. The van der Waals surface area contributed by atoms with Crippen molar-refractivity contribution in [3.63, 3.8) is 0 Å². The molecule has 26 heavy (non-hydrogen) atoms. The SMILES string of the molecule is CC(C)Nc1nc(Nc2cccc(S(=O)[O-])c2)nc(-c2ccccc2)n1. The Kier molecular flexibility index (Phi) is 5.55. The van der Waals surface area contributed by atoms with Gasteiger partial charge in [-0.3, -0.25) is 4.21 Å². The first-order chi connectivity index (χ1) is 12.5. The molecule has 0 spiro atoms. The molecule has 0 aliphatic heterocycles. The monoisotopic (exact) mass is 368 g/mol. The third-order valence-electron chi connectivity index (χ3n) is 3.37. The van der Waals surface area contributed by atoms with Gasteiger partial charge < -0.3 is 15.2 Å². The molecule has 0 aliphatic rings. The molecule has 0 radical (unpaired) electrons. The van der Waals surface area contributed by atoms with E-state index in [2.05, 4.69) is 25.6 Å². The Labute approximate surface area is 154 Å². The average molecular weight is 368 g/mol. The van der Waals surface area contributed by atoms with E-state index in [9.17, 15) is 8.76 Å². The van der Waals surface area contributed by atoms with Gasteiger partial charge in [0.25, 0.3) is 0 Å². The molecule has 0 aliphatic carbocycles. The summed E-state index contributed by atoms with van der Waals surface area (Å²) in [5.41, 5.74) is 1.44. The third kappa shape index (κ3) is 4.62. The lowest BCUT2D eigenvalue weighted by Crippen LogP contribution is -2.14. The van der Waals surface area contributed by atoms with Gasteiger partial charge in [0, 0.05) is 22.2 Å². The molecule has 1 heterocycles. The van der Waals surface area contributed by atoms with Crippen molar-refractivity contribution in [2.45, 2.75) is 24.8 Å². The van der Waals surface area contributed by atoms with E-state index in [0.29, 0.717) is 23.4 Å². The van der Waals surface area contributed by atoms with E-state index in [1.54, 1.807) is 12.1 Å². The van der Waals surface area contributed by atoms with Gasteiger partial charge in [-0.1, -0.05) is 36.4 Å². The molecule has 3 aromatic rings. The van der Waals surface area contributed by atoms with Gasteiger partial charge in [0.05, 0.1) is 0 Å². The molecular formula is C18H18N5O2S-. The van der Waals surface area contributed by atoms with E-state index >= 15 is 0 Å². The van der Waals surface area contributed by atoms with Crippen molar-refractivity contribution >= 4 is 28.7 Å². The van der Waals surface area contributed by atoms with Gasteiger partial charge in [-0.2, -0.15) is 15.0 Å². The van der Waals surface area contributed by atoms with Gasteiger partial charge in [0.1, 0.15) is 0 Å². The van der Waals surface area contributed by atoms with Crippen molar-refractivity contribution in [1.29, 1.82) is 0 Å². The van der Waals surface area contributed by atoms with Crippen LogP contribution >= 0.6 is 0 Å². The van der Waals surface area contributed by atoms with E-state index in [0.717, 1.165) is 5.56 Å². The summed E-state index contributed by atoms with van der Waals surface area (Å²) in [6.07, 6.45) is 0. The summed E-state index contributed by atoms with van der Waals surface area (Å²) >= 11 is -2.30. The maximum atomic E-state index is 11.1. The van der Waals surface area contributed by atoms with Crippen LogP contribution in [0.4, 0.5) is 17.6 Å². The lowest BCUT2D eigenvalue weighted by Gasteiger charge is -2.13. The molecule has 0 saturated heterocycles. The quantitative estimate of drug-likeness (QED) is 0.643. The highest BCUT2D eigenvalue weighted by Gasteiger charge is 2.10. The Bertz CT molecular complexity index is 918. The van der Waals surface area contributed by atoms with Crippen molar-refractivity contribution in [2.75, 3.05) is 10.6 Å². The number of hydrogen-bond donors (Lipinski definition) is 2. The van der Waals surface area contributed by atoms with Gasteiger partial charge >= 0.3 is 0 Å². The van der Waals surface area contributed by atoms with E-state index in [1.807, 2.05) is 44.2 Å². The zero-order chi connectivity index (χ0) is 18.5. The molecular weight excluding hydrogens is 350 g/mol. The van der Waals surface area contributed by atoms with Crippen molar-refractivity contribution in [3.8, 4) is 11.4 Å². The maximum Gasteiger partial charge on any atom is 0.232 e. The van der Waals surface area contributed by atoms with Crippen LogP contribution in [0.5, 0.6) is 0 Å². The molecule has 7 nitrogen and oxygen atoms in total. The van der Waals surface area contributed by atoms with Crippen LogP contribution in [0.2, 0.25) is 0 Å². The minimum atomic E-state index is -2.30. The van der Waals surface area contributed by atoms with Crippen molar-refractivity contribution in [3.05, 3.63) is 54.6 Å². The molecule has 1 unspecified atom stereocenters. The predicted octanol–water partition coefficient (Wildman–Crippen LogP) is 3.34. The average Bonchev–Trinajstić information content (AvgIpc) is 2.62. The van der Waals surface area contributed by atoms with Crippen LogP contribution in [0.1, 0.15) is 13.8 Å². The number of rotatable bonds is 6. The lowest BCUT2D eigenvalue weighted by atomic mass is 10.2. The minimum absolute atomic E-state index is 0.153. The number of aromatic nitrogens is 3. The van der Waals surface area contributed by atoms with Gasteiger partial charge in [-0.15, -0.1) is 0 Å². The second-order valence-corrected chi connectivity index (χ2v) is 6.80. The molecule has 1 atom stereocenters. The topological polar surface area (TPSA) is 103 Å². The number of nitrogens with one attached hydrogen (secondary N) is 2. The Balaban J connectivity index is 1.97. The van der Waals surface area contributed by atoms with Crippen molar-refractivity contribution in [1.82, 2.24) is 15.0 Å². The van der Waals surface area contributed by atoms with Gasteiger partial charge in [0.15, 0.2) is 5.82 Å². The fourth-order valence-electron chi connectivity index (χ4n) is 2.28. The van der Waals surface area contributed by atoms with Gasteiger partial charge in [-0.25, -0.2) is 0 Å². The standard InChI is InChI=1S/C18H19N5O2S/c1-12(2)19-17-21-16(13-7-4-3-5-8-13)22-18(23-17)20-14-9-6-10-15(11-14)26(24)25/h3-12H,1-2H3,(H,24,25)(H2,19,20,21,22,23)/p-1. The van der Waals surface area contributed by atoms with Crippen molar-refractivity contribution < 1.29 is 8.76 Å². The zero-order valence-electron chi connectivity index (χ0n) is 14.3. The normalized spacial score (nSPS) is 12.0. The molecule has 134 valence electrons. The van der Waals surface area contributed by atoms with Crippen LogP contribution < -0.4 is 10.6 Å². The first-order valence-electron chi connectivity index (χ1n) is 8.05. The summed E-state index contributed by atoms with van der Waals surface area (Å²) in [4.78, 5) is 13.5. The summed E-state index contributed by atoms with van der Waals surface area (Å²) in [5.74, 6) is 1.30. The van der Waals surface area contributed by atoms with Crippen LogP contribution in [0.25, 0.3) is 11.4 Å². The Morgan fingerprint density at radius 3 is 2.38 bits per heavy atom. The van der Waals surface area contributed by atoms with Crippen LogP contribution in [-0.2, 0) is 11.1 Å². The second-order valence-electron chi connectivity index (χ2n) is 5.86. The Hall–Kier alpha value is -2.84. The first kappa shape index (κ1) is 18.0. The Morgan fingerprint density at radius 1 is 0.962 bits per heavy atom. The smallest absolute Gasteiger partial charge is 0.232 e. The maximum absolute atomic E-state index is 11.1. The summed E-state index contributed by atoms with van der Waals surface area (Å²) in [7, 11) is 0. The largest absolute Gasteiger partial charge is 0.768 e. The van der Waals surface area contributed by atoms with E-state index < -0.39 is 11.1 Å². The molecule has 2 aromatic carbocycles. The van der Waals surface area contributed by atoms with E-state index in [4.69, 9.17) is 0 Å². The van der Waals surface area contributed by atoms with Crippen LogP contribution in [-0.4, -0.2) is 29.8 Å². The summed E-state index contributed by atoms with van der Waals surface area (Å²) in [6, 6.07) is 16.2. The minimum Gasteiger partial charge on any atom is -0.768 e. The third-order valence-corrected chi connectivity index (χ3v) is 4.01. The Morgan fingerprint density at radius 2 is 1.69 bits per heavy atom. The molecule has 2 N–H and O–H groups in total. The molecule has 8 heteroatoms. The van der Waals surface area contributed by atoms with E-state index in [1.165, 1.54) is 12.1 Å². The number of anilines is 3. The van der Waals surface area contributed by atoms with Crippen molar-refractivity contribution in [2.24, 2.45) is 0 Å². The summed E-state index contributed by atoms with van der Waals surface area (Å²) in [5, 5.41) is 6.22. The molecule has 3 rings (SSSR count). The molecule has 0 fully saturated rings. The molecule has 0 amide bonds. The van der Waals surface area contributed by atoms with Crippen LogP contribution in [0.15, 0.2) is 59.5 Å². The molecule has 0 saturated carbocycles. The molecule has 0 bridgehead atoms. The van der Waals surface area contributed by atoms with Crippen LogP contribution in [0.3, 0.4) is 0 Å². The number of hydrogen-bond acceptors (Lipinski definition) is 7. The number of nitrogens with zero attached hydrogens (tertiary/aromatic N) is 3. The lowest BCUT2D eigenvalue weighted by molar-refractivity contribution is 0.537. The molecule has 1 aromatic heterocycles. The summed E-state index contributed by atoms with van der Waals surface area (Å²) in [6.45, 7) is 3.98. The fourth-order valence-corrected chi connectivity index (χ4v) is 2.69. The highest BCUT2D eigenvalue weighted by Crippen LogP contribution is 2.21. The fraction of sp³-hybridized carbons (Fsp3) is 0.167. The van der Waals surface area contributed by atoms with Crippen LogP contribution in [0, 0.1) is 0 Å². The van der Waals surface area contributed by atoms with Gasteiger partial charge in [-0.05, 0) is 43.1 Å². The predicted molar refractivity (Wildman–Crippen MR) is 101 cm³/mol. The summed E-state index contributed by atoms with van der Waals surface area (Å²) < 4.78 is 22.3. The number of benzene rings is 2. The van der Waals surface area contributed by atoms with E-state index in [-0.39, 0.29) is 10.9 Å².